The highest BCUT2D eigenvalue weighted by atomic mass is 16.5. The molecular weight excluding hydrogens is 1080 g/mol. The molecule has 0 N–H and O–H groups in total. The lowest BCUT2D eigenvalue weighted by Gasteiger charge is -2.42. The van der Waals surface area contributed by atoms with Crippen molar-refractivity contribution >= 4 is 44.6 Å². The minimum absolute atomic E-state index is 0.00153. The average Bonchev–Trinajstić information content (AvgIpc) is 1.71. The molecule has 1 aliphatic heterocycles. The Morgan fingerprint density at radius 3 is 1.73 bits per heavy atom. The molecule has 5 heteroatoms. The van der Waals surface area contributed by atoms with E-state index in [1.54, 1.807) is 28.8 Å². The largest absolute Gasteiger partial charge is 0.457 e. The van der Waals surface area contributed by atoms with Gasteiger partial charge in [-0.15, -0.1) is 0 Å². The lowest BCUT2D eigenvalue weighted by Crippen LogP contribution is -2.33. The van der Waals surface area contributed by atoms with Gasteiger partial charge in [0.1, 0.15) is 24.0 Å². The smallest absolute Gasteiger partial charge is 0.137 e. The van der Waals surface area contributed by atoms with Gasteiger partial charge < -0.3 is 14.5 Å². The van der Waals surface area contributed by atoms with E-state index in [4.69, 9.17) is 19.3 Å². The van der Waals surface area contributed by atoms with Crippen LogP contribution in [0.1, 0.15) is 173 Å². The predicted octanol–water partition coefficient (Wildman–Crippen LogP) is 23.4. The Labute approximate surface area is 546 Å². The van der Waals surface area contributed by atoms with Crippen molar-refractivity contribution in [3.8, 4) is 61.8 Å². The molecule has 3 heterocycles. The molecule has 2 aromatic heterocycles. The van der Waals surface area contributed by atoms with Gasteiger partial charge in [-0.3, -0.25) is 4.57 Å². The summed E-state index contributed by atoms with van der Waals surface area (Å²) in [4.78, 5) is 9.45. The Morgan fingerprint density at radius 2 is 1.06 bits per heavy atom. The molecule has 2 aliphatic rings. The highest BCUT2D eigenvalue weighted by Gasteiger charge is 2.39. The zero-order valence-corrected chi connectivity index (χ0v) is 54.5. The van der Waals surface area contributed by atoms with E-state index in [2.05, 4.69) is 167 Å². The maximum atomic E-state index is 10.5. The van der Waals surface area contributed by atoms with Crippen LogP contribution in [-0.2, 0) is 32.5 Å². The Morgan fingerprint density at radius 1 is 0.449 bits per heavy atom. The first-order valence-corrected chi connectivity index (χ1v) is 31.3. The van der Waals surface area contributed by atoms with E-state index in [1.807, 2.05) is 57.2 Å². The van der Waals surface area contributed by atoms with Crippen LogP contribution >= 0.6 is 0 Å². The van der Waals surface area contributed by atoms with Gasteiger partial charge in [-0.2, -0.15) is 0 Å². The van der Waals surface area contributed by atoms with Crippen LogP contribution in [0.25, 0.3) is 72.1 Å². The summed E-state index contributed by atoms with van der Waals surface area (Å²) in [6.07, 6.45) is 3.15. The molecule has 0 amide bonds. The van der Waals surface area contributed by atoms with Crippen molar-refractivity contribution in [3.63, 3.8) is 0 Å². The monoisotopic (exact) mass is 1180 g/mol. The van der Waals surface area contributed by atoms with Crippen molar-refractivity contribution in [1.82, 2.24) is 9.55 Å². The molecule has 13 rings (SSSR count). The summed E-state index contributed by atoms with van der Waals surface area (Å²) in [5.41, 5.74) is 13.3. The molecule has 0 bridgehead atoms. The highest BCUT2D eigenvalue weighted by molar-refractivity contribution is 6.09. The van der Waals surface area contributed by atoms with E-state index in [9.17, 15) is 6.85 Å². The third-order valence-electron chi connectivity index (χ3n) is 18.4. The Balaban J connectivity index is 0.966. The molecule has 89 heavy (non-hydrogen) atoms. The van der Waals surface area contributed by atoms with Crippen molar-refractivity contribution in [2.75, 3.05) is 16.5 Å². The summed E-state index contributed by atoms with van der Waals surface area (Å²) in [6, 6.07) is 40.4. The molecule has 9 aromatic carbocycles. The minimum atomic E-state index is -0.690. The fourth-order valence-corrected chi connectivity index (χ4v) is 13.2. The quantitative estimate of drug-likeness (QED) is 0.144. The van der Waals surface area contributed by atoms with Crippen LogP contribution in [0.3, 0.4) is 0 Å². The van der Waals surface area contributed by atoms with Crippen LogP contribution < -0.4 is 14.5 Å². The van der Waals surface area contributed by atoms with E-state index < -0.39 is 46.5 Å². The van der Waals surface area contributed by atoms with E-state index in [0.717, 1.165) is 69.0 Å². The van der Waals surface area contributed by atoms with Gasteiger partial charge in [0.15, 0.2) is 0 Å². The maximum absolute atomic E-state index is 10.5. The minimum Gasteiger partial charge on any atom is -0.457 e. The summed E-state index contributed by atoms with van der Waals surface area (Å²) >= 11 is 0. The van der Waals surface area contributed by atoms with Gasteiger partial charge in [0.05, 0.1) is 44.5 Å². The fraction of sp³-hybridized carbons (Fsp3) is 0.298. The van der Waals surface area contributed by atoms with Crippen molar-refractivity contribution in [2.24, 2.45) is 0 Å². The molecule has 450 valence electrons. The topological polar surface area (TPSA) is 33.5 Å². The van der Waals surface area contributed by atoms with E-state index in [-0.39, 0.29) is 80.8 Å². The van der Waals surface area contributed by atoms with E-state index >= 15 is 0 Å². The van der Waals surface area contributed by atoms with Crippen molar-refractivity contribution in [2.45, 2.75) is 156 Å². The zero-order chi connectivity index (χ0) is 73.2. The van der Waals surface area contributed by atoms with Crippen LogP contribution in [0.4, 0.5) is 22.7 Å². The second-order valence-electron chi connectivity index (χ2n) is 29.9. The number of hydrogen-bond acceptors (Lipinski definition) is 4. The number of aromatic nitrogens is 2. The standard InChI is InChI=1S/C84H88N4O/c1-79(2,3)58-38-40-63(70(48-58)81(7,8)9)55-33-35-56(36-34-55)66-46-59(80(4,5)6)47-67(57-37-42-69-72(45-57)84(15,16)44-43-83(69,13)14)78(66)87-53-86(74-31-22-23-32-75(74)87)60-27-24-28-61(49-60)89-62-39-41-65-64-29-20-21-30-73(64)88(76(65)50-62)77-51-71(82(10,11)12)68(52-85-77)54-25-18-17-19-26-54/h17-42,45-52H,43-44,53H2,1-16H3/i17D,18D,19D,20D,21D,25D,26D,29D,30D,37D,42D,45D. The third-order valence-corrected chi connectivity index (χ3v) is 18.4. The number of rotatable bonds is 9. The summed E-state index contributed by atoms with van der Waals surface area (Å²) in [5, 5.41) is 0.787. The van der Waals surface area contributed by atoms with Gasteiger partial charge in [-0.25, -0.2) is 4.98 Å². The normalized spacial score (nSPS) is 16.9. The second-order valence-corrected chi connectivity index (χ2v) is 29.9. The highest BCUT2D eigenvalue weighted by Crippen LogP contribution is 2.54. The summed E-state index contributed by atoms with van der Waals surface area (Å²) in [5.74, 6) is 1.15. The number of nitrogens with zero attached hydrogens (tertiary/aromatic N) is 4. The fourth-order valence-electron chi connectivity index (χ4n) is 13.2. The number of hydrogen-bond donors (Lipinski definition) is 0. The first-order valence-electron chi connectivity index (χ1n) is 37.3. The lowest BCUT2D eigenvalue weighted by atomic mass is 9.63. The maximum Gasteiger partial charge on any atom is 0.137 e. The van der Waals surface area contributed by atoms with Crippen molar-refractivity contribution < 1.29 is 21.2 Å². The number of ether oxygens (including phenoxy) is 1. The number of anilines is 4. The number of benzene rings is 9. The van der Waals surface area contributed by atoms with E-state index in [1.165, 1.54) is 22.9 Å². The molecule has 0 spiro atoms. The lowest BCUT2D eigenvalue weighted by molar-refractivity contribution is 0.332. The molecule has 5 nitrogen and oxygen atoms in total. The van der Waals surface area contributed by atoms with Gasteiger partial charge in [-0.1, -0.05) is 238 Å². The third kappa shape index (κ3) is 10.9. The summed E-state index contributed by atoms with van der Waals surface area (Å²) in [6.45, 7) is 35.0. The van der Waals surface area contributed by atoms with E-state index in [0.29, 0.717) is 51.3 Å². The van der Waals surface area contributed by atoms with Crippen molar-refractivity contribution in [3.05, 3.63) is 239 Å². The Bertz CT molecular complexity index is 5240. The second kappa shape index (κ2) is 21.5. The van der Waals surface area contributed by atoms with Gasteiger partial charge in [0.2, 0.25) is 0 Å². The molecular formula is C84H88N4O. The first kappa shape index (κ1) is 46.4. The summed E-state index contributed by atoms with van der Waals surface area (Å²) in [7, 11) is 0. The molecule has 0 radical (unpaired) electrons. The van der Waals surface area contributed by atoms with Crippen molar-refractivity contribution in [1.29, 1.82) is 0 Å². The molecule has 0 unspecified atom stereocenters. The van der Waals surface area contributed by atoms with Gasteiger partial charge >= 0.3 is 0 Å². The Hall–Kier alpha value is -8.67. The number of para-hydroxylation sites is 3. The van der Waals surface area contributed by atoms with Crippen LogP contribution in [0.15, 0.2) is 206 Å². The van der Waals surface area contributed by atoms with Crippen LogP contribution in [-0.4, -0.2) is 16.2 Å². The molecule has 11 aromatic rings. The molecule has 0 saturated heterocycles. The number of fused-ring (bicyclic) bond motifs is 5. The molecule has 0 fully saturated rings. The van der Waals surface area contributed by atoms with Crippen LogP contribution in [0, 0.1) is 0 Å². The van der Waals surface area contributed by atoms with Gasteiger partial charge in [0.25, 0.3) is 0 Å². The first-order chi connectivity index (χ1) is 47.1. The SMILES string of the molecule is [2H]c1c([2H])c([2H])c(-c2cnc(-n3c4cc(Oc5cccc(N6CN(c7c(-c8ccc(-c9ccc(C(C)(C)C)cc9C(C)(C)C)cc8)cc(C(C)(C)C)cc7-c7c([2H])c([2H])c8c(c7[2H])C(C)(C)CCC8(C)C)c7ccccc76)c5)ccc4c4c([2H])c([2H])c([2H])c([2H])c43)cc2C(C)(C)C)c([2H])c1[2H]. The zero-order valence-electron chi connectivity index (χ0n) is 66.5. The predicted molar refractivity (Wildman–Crippen MR) is 379 cm³/mol. The van der Waals surface area contributed by atoms with Gasteiger partial charge in [0, 0.05) is 51.5 Å². The molecule has 0 saturated carbocycles. The Kier molecular flexibility index (Phi) is 11.2. The average molecular weight is 1180 g/mol. The van der Waals surface area contributed by atoms with Crippen LogP contribution in [0.5, 0.6) is 11.5 Å². The van der Waals surface area contributed by atoms with Crippen LogP contribution in [0.2, 0.25) is 0 Å². The number of pyridine rings is 1. The van der Waals surface area contributed by atoms with Gasteiger partial charge in [-0.05, 0) is 167 Å². The molecule has 0 atom stereocenters. The summed E-state index contributed by atoms with van der Waals surface area (Å²) < 4.78 is 119. The molecule has 1 aliphatic carbocycles.